The van der Waals surface area contributed by atoms with E-state index in [1.54, 1.807) is 11.3 Å². The van der Waals surface area contributed by atoms with Gasteiger partial charge in [-0.2, -0.15) is 0 Å². The quantitative estimate of drug-likeness (QED) is 0.830. The fourth-order valence-corrected chi connectivity index (χ4v) is 2.74. The summed E-state index contributed by atoms with van der Waals surface area (Å²) in [4.78, 5) is 17.4. The van der Waals surface area contributed by atoms with Gasteiger partial charge in [0, 0.05) is 17.6 Å². The third-order valence-corrected chi connectivity index (χ3v) is 4.17. The van der Waals surface area contributed by atoms with E-state index in [0.717, 1.165) is 24.3 Å². The molecule has 0 bridgehead atoms. The highest BCUT2D eigenvalue weighted by atomic mass is 32.1. The summed E-state index contributed by atoms with van der Waals surface area (Å²) in [5.41, 5.74) is 5.51. The smallest absolute Gasteiger partial charge is 0.249 e. The van der Waals surface area contributed by atoms with Crippen molar-refractivity contribution in [3.63, 3.8) is 0 Å². The van der Waals surface area contributed by atoms with E-state index in [0.29, 0.717) is 13.1 Å². The third-order valence-electron chi connectivity index (χ3n) is 3.03. The number of ether oxygens (including phenoxy) is 1. The molecule has 0 saturated carbocycles. The van der Waals surface area contributed by atoms with E-state index < -0.39 is 0 Å². The van der Waals surface area contributed by atoms with Crippen LogP contribution in [0.15, 0.2) is 6.20 Å². The van der Waals surface area contributed by atoms with E-state index >= 15 is 0 Å². The van der Waals surface area contributed by atoms with Gasteiger partial charge in [-0.25, -0.2) is 4.98 Å². The van der Waals surface area contributed by atoms with Crippen LogP contribution in [0, 0.1) is 0 Å². The van der Waals surface area contributed by atoms with Gasteiger partial charge in [0.25, 0.3) is 0 Å². The molecule has 0 aliphatic carbocycles. The fraction of sp³-hybridized carbons (Fsp3) is 0.667. The van der Waals surface area contributed by atoms with E-state index in [-0.39, 0.29) is 18.1 Å². The Bertz CT molecular complexity index is 408. The molecular formula is C12H19N3O2S. The molecule has 1 aliphatic heterocycles. The van der Waals surface area contributed by atoms with Crippen LogP contribution in [-0.4, -0.2) is 29.6 Å². The Morgan fingerprint density at radius 1 is 1.67 bits per heavy atom. The molecule has 2 unspecified atom stereocenters. The van der Waals surface area contributed by atoms with Gasteiger partial charge in [-0.1, -0.05) is 6.92 Å². The lowest BCUT2D eigenvalue weighted by Crippen LogP contribution is -2.35. The second-order valence-electron chi connectivity index (χ2n) is 4.35. The SMILES string of the molecule is CCc1cnc(CNC(=O)C2CCC(CN)O2)s1. The molecular weight excluding hydrogens is 250 g/mol. The zero-order valence-electron chi connectivity index (χ0n) is 10.5. The first kappa shape index (κ1) is 13.5. The standard InChI is InChI=1S/C12H19N3O2S/c1-2-9-6-14-11(18-9)7-15-12(16)10-4-3-8(5-13)17-10/h6,8,10H,2-5,7,13H2,1H3,(H,15,16). The number of nitrogens with zero attached hydrogens (tertiary/aromatic N) is 1. The van der Waals surface area contributed by atoms with E-state index in [9.17, 15) is 4.79 Å². The van der Waals surface area contributed by atoms with Crippen LogP contribution in [0.4, 0.5) is 0 Å². The van der Waals surface area contributed by atoms with Gasteiger partial charge in [-0.15, -0.1) is 11.3 Å². The van der Waals surface area contributed by atoms with Gasteiger partial charge in [-0.3, -0.25) is 4.79 Å². The molecule has 0 radical (unpaired) electrons. The molecule has 0 aromatic carbocycles. The molecule has 0 spiro atoms. The third kappa shape index (κ3) is 3.28. The maximum Gasteiger partial charge on any atom is 0.249 e. The predicted octanol–water partition coefficient (Wildman–Crippen LogP) is 0.828. The minimum Gasteiger partial charge on any atom is -0.364 e. The maximum absolute atomic E-state index is 11.9. The van der Waals surface area contributed by atoms with Crippen LogP contribution in [0.5, 0.6) is 0 Å². The number of nitrogens with two attached hydrogens (primary N) is 1. The molecule has 1 amide bonds. The van der Waals surface area contributed by atoms with Crippen LogP contribution in [0.2, 0.25) is 0 Å². The molecule has 5 nitrogen and oxygen atoms in total. The first-order valence-electron chi connectivity index (χ1n) is 6.29. The van der Waals surface area contributed by atoms with E-state index in [4.69, 9.17) is 10.5 Å². The van der Waals surface area contributed by atoms with Crippen molar-refractivity contribution in [1.82, 2.24) is 10.3 Å². The number of carbonyl (C=O) groups excluding carboxylic acids is 1. The molecule has 2 heterocycles. The van der Waals surface area contributed by atoms with Crippen LogP contribution >= 0.6 is 11.3 Å². The van der Waals surface area contributed by atoms with E-state index in [2.05, 4.69) is 17.2 Å². The molecule has 1 saturated heterocycles. The number of rotatable bonds is 5. The lowest BCUT2D eigenvalue weighted by Gasteiger charge is -2.11. The monoisotopic (exact) mass is 269 g/mol. The summed E-state index contributed by atoms with van der Waals surface area (Å²) in [6.45, 7) is 3.06. The topological polar surface area (TPSA) is 77.2 Å². The van der Waals surface area contributed by atoms with Crippen LogP contribution in [-0.2, 0) is 22.5 Å². The number of aryl methyl sites for hydroxylation is 1. The van der Waals surface area contributed by atoms with E-state index in [1.165, 1.54) is 4.88 Å². The number of amides is 1. The van der Waals surface area contributed by atoms with Crippen molar-refractivity contribution in [2.75, 3.05) is 6.54 Å². The molecule has 18 heavy (non-hydrogen) atoms. The molecule has 2 atom stereocenters. The normalized spacial score (nSPS) is 23.2. The second kappa shape index (κ2) is 6.26. The number of hydrogen-bond acceptors (Lipinski definition) is 5. The largest absolute Gasteiger partial charge is 0.364 e. The molecule has 6 heteroatoms. The number of thiazole rings is 1. The van der Waals surface area contributed by atoms with Crippen molar-refractivity contribution < 1.29 is 9.53 Å². The van der Waals surface area contributed by atoms with Crippen molar-refractivity contribution in [3.8, 4) is 0 Å². The molecule has 2 rings (SSSR count). The molecule has 1 aromatic rings. The highest BCUT2D eigenvalue weighted by Gasteiger charge is 2.29. The Balaban J connectivity index is 1.78. The zero-order chi connectivity index (χ0) is 13.0. The highest BCUT2D eigenvalue weighted by Crippen LogP contribution is 2.19. The number of nitrogens with one attached hydrogen (secondary N) is 1. The number of carbonyl (C=O) groups is 1. The summed E-state index contributed by atoms with van der Waals surface area (Å²) < 4.78 is 5.53. The lowest BCUT2D eigenvalue weighted by molar-refractivity contribution is -0.132. The van der Waals surface area contributed by atoms with Crippen LogP contribution in [0.25, 0.3) is 0 Å². The Hall–Kier alpha value is -0.980. The summed E-state index contributed by atoms with van der Waals surface area (Å²) >= 11 is 1.64. The van der Waals surface area contributed by atoms with Gasteiger partial charge in [-0.05, 0) is 19.3 Å². The zero-order valence-corrected chi connectivity index (χ0v) is 11.3. The summed E-state index contributed by atoms with van der Waals surface area (Å²) in [5, 5.41) is 3.80. The summed E-state index contributed by atoms with van der Waals surface area (Å²) in [5.74, 6) is -0.0563. The van der Waals surface area contributed by atoms with Gasteiger partial charge in [0.1, 0.15) is 11.1 Å². The first-order valence-corrected chi connectivity index (χ1v) is 7.11. The average molecular weight is 269 g/mol. The maximum atomic E-state index is 11.9. The Morgan fingerprint density at radius 2 is 2.50 bits per heavy atom. The van der Waals surface area contributed by atoms with Gasteiger partial charge in [0.05, 0.1) is 12.6 Å². The molecule has 1 aliphatic rings. The minimum atomic E-state index is -0.343. The fourth-order valence-electron chi connectivity index (χ4n) is 1.94. The van der Waals surface area contributed by atoms with Crippen molar-refractivity contribution >= 4 is 17.2 Å². The summed E-state index contributed by atoms with van der Waals surface area (Å²) in [7, 11) is 0. The van der Waals surface area contributed by atoms with Gasteiger partial charge < -0.3 is 15.8 Å². The van der Waals surface area contributed by atoms with Crippen molar-refractivity contribution in [2.24, 2.45) is 5.73 Å². The molecule has 1 fully saturated rings. The predicted molar refractivity (Wildman–Crippen MR) is 70.3 cm³/mol. The van der Waals surface area contributed by atoms with Crippen LogP contribution in [0.3, 0.4) is 0 Å². The Morgan fingerprint density at radius 3 is 3.11 bits per heavy atom. The van der Waals surface area contributed by atoms with Crippen LogP contribution in [0.1, 0.15) is 29.7 Å². The van der Waals surface area contributed by atoms with Gasteiger partial charge in [0.2, 0.25) is 5.91 Å². The van der Waals surface area contributed by atoms with Crippen molar-refractivity contribution in [3.05, 3.63) is 16.1 Å². The Kier molecular flexibility index (Phi) is 4.68. The van der Waals surface area contributed by atoms with Crippen molar-refractivity contribution in [1.29, 1.82) is 0 Å². The average Bonchev–Trinajstić information content (AvgIpc) is 3.04. The van der Waals surface area contributed by atoms with E-state index in [1.807, 2.05) is 6.20 Å². The van der Waals surface area contributed by atoms with Crippen molar-refractivity contribution in [2.45, 2.75) is 44.9 Å². The van der Waals surface area contributed by atoms with Crippen LogP contribution < -0.4 is 11.1 Å². The number of hydrogen-bond donors (Lipinski definition) is 2. The minimum absolute atomic E-state index is 0.0345. The highest BCUT2D eigenvalue weighted by molar-refractivity contribution is 7.11. The number of aromatic nitrogens is 1. The summed E-state index contributed by atoms with van der Waals surface area (Å²) in [6, 6.07) is 0. The molecule has 1 aromatic heterocycles. The van der Waals surface area contributed by atoms with Gasteiger partial charge in [0.15, 0.2) is 0 Å². The summed E-state index contributed by atoms with van der Waals surface area (Å²) in [6.07, 6.45) is 4.16. The molecule has 3 N–H and O–H groups in total. The second-order valence-corrected chi connectivity index (χ2v) is 5.55. The lowest BCUT2D eigenvalue weighted by atomic mass is 10.2. The molecule has 100 valence electrons. The Labute approximate surface area is 111 Å². The van der Waals surface area contributed by atoms with Gasteiger partial charge >= 0.3 is 0 Å². The first-order chi connectivity index (χ1) is 8.72.